The molecule has 1 N–H and O–H groups in total. The van der Waals surface area contributed by atoms with E-state index in [0.29, 0.717) is 19.3 Å². The van der Waals surface area contributed by atoms with E-state index in [1.165, 1.54) is 12.1 Å². The van der Waals surface area contributed by atoms with Crippen LogP contribution < -0.4 is 5.32 Å². The average Bonchev–Trinajstić information content (AvgIpc) is 2.37. The third-order valence-electron chi connectivity index (χ3n) is 3.75. The van der Waals surface area contributed by atoms with Gasteiger partial charge < -0.3 is 5.32 Å². The van der Waals surface area contributed by atoms with Crippen LogP contribution >= 0.6 is 0 Å². The van der Waals surface area contributed by atoms with Crippen LogP contribution in [0.4, 0.5) is 32.0 Å². The van der Waals surface area contributed by atoms with Crippen molar-refractivity contribution in [3.8, 4) is 0 Å². The predicted molar refractivity (Wildman–Crippen MR) is 66.9 cm³/mol. The fraction of sp³-hybridized carbons (Fsp3) is 0.571. The van der Waals surface area contributed by atoms with E-state index in [1.807, 2.05) is 0 Å². The Morgan fingerprint density at radius 1 is 0.857 bits per heavy atom. The van der Waals surface area contributed by atoms with E-state index in [-0.39, 0.29) is 12.1 Å². The number of anilines is 1. The van der Waals surface area contributed by atoms with Crippen molar-refractivity contribution < 1.29 is 26.3 Å². The maximum atomic E-state index is 12.9. The van der Waals surface area contributed by atoms with Crippen LogP contribution in [-0.4, -0.2) is 12.2 Å². The molecule has 0 bridgehead atoms. The first kappa shape index (κ1) is 16.0. The van der Waals surface area contributed by atoms with Crippen LogP contribution in [0.15, 0.2) is 24.3 Å². The van der Waals surface area contributed by atoms with Crippen molar-refractivity contribution in [2.45, 2.75) is 44.1 Å². The molecule has 0 heterocycles. The highest BCUT2D eigenvalue weighted by Gasteiger charge is 2.45. The second kappa shape index (κ2) is 5.77. The highest BCUT2D eigenvalue weighted by atomic mass is 19.4. The van der Waals surface area contributed by atoms with Crippen molar-refractivity contribution in [2.75, 3.05) is 5.32 Å². The van der Waals surface area contributed by atoms with Gasteiger partial charge in [-0.05, 0) is 37.1 Å². The van der Waals surface area contributed by atoms with Gasteiger partial charge in [-0.3, -0.25) is 0 Å². The van der Waals surface area contributed by atoms with Gasteiger partial charge in [-0.25, -0.2) is 0 Å². The van der Waals surface area contributed by atoms with Crippen molar-refractivity contribution in [2.24, 2.45) is 5.92 Å². The fourth-order valence-electron chi connectivity index (χ4n) is 2.66. The van der Waals surface area contributed by atoms with Crippen LogP contribution in [0.3, 0.4) is 0 Å². The van der Waals surface area contributed by atoms with Crippen molar-refractivity contribution in [3.63, 3.8) is 0 Å². The van der Waals surface area contributed by atoms with Gasteiger partial charge in [0.05, 0.1) is 11.5 Å². The summed E-state index contributed by atoms with van der Waals surface area (Å²) in [6.07, 6.45) is -7.10. The minimum Gasteiger partial charge on any atom is -0.382 e. The van der Waals surface area contributed by atoms with E-state index >= 15 is 0 Å². The standard InChI is InChI=1S/C14H15F6N/c15-13(16,17)9-5-7-10(8-6-9)21-12-4-2-1-3-11(12)14(18,19)20/h5-8,11-12,21H,1-4H2. The molecule has 0 aromatic heterocycles. The molecule has 0 spiro atoms. The van der Waals surface area contributed by atoms with Gasteiger partial charge in [0.2, 0.25) is 0 Å². The van der Waals surface area contributed by atoms with Gasteiger partial charge in [0, 0.05) is 11.7 Å². The summed E-state index contributed by atoms with van der Waals surface area (Å²) < 4.78 is 76.1. The lowest BCUT2D eigenvalue weighted by atomic mass is 9.84. The summed E-state index contributed by atoms with van der Waals surface area (Å²) in [5.74, 6) is -1.45. The molecule has 2 atom stereocenters. The molecule has 1 aromatic rings. The molecule has 2 unspecified atom stereocenters. The number of nitrogens with one attached hydrogen (secondary N) is 1. The first-order chi connectivity index (χ1) is 9.68. The average molecular weight is 311 g/mol. The molecule has 1 aliphatic rings. The topological polar surface area (TPSA) is 12.0 Å². The number of alkyl halides is 6. The summed E-state index contributed by atoms with van der Waals surface area (Å²) in [4.78, 5) is 0. The van der Waals surface area contributed by atoms with Gasteiger partial charge in [0.25, 0.3) is 0 Å². The van der Waals surface area contributed by atoms with Crippen molar-refractivity contribution in [1.29, 1.82) is 0 Å². The summed E-state index contributed by atoms with van der Waals surface area (Å²) in [6, 6.07) is 3.30. The van der Waals surface area contributed by atoms with Crippen LogP contribution in [-0.2, 0) is 6.18 Å². The van der Waals surface area contributed by atoms with Gasteiger partial charge in [0.15, 0.2) is 0 Å². The molecule has 1 nitrogen and oxygen atoms in total. The van der Waals surface area contributed by atoms with E-state index < -0.39 is 29.9 Å². The fourth-order valence-corrected chi connectivity index (χ4v) is 2.66. The van der Waals surface area contributed by atoms with Crippen LogP contribution in [0.2, 0.25) is 0 Å². The lowest BCUT2D eigenvalue weighted by Gasteiger charge is -2.34. The molecule has 21 heavy (non-hydrogen) atoms. The molecule has 0 saturated heterocycles. The second-order valence-electron chi connectivity index (χ2n) is 5.26. The monoisotopic (exact) mass is 311 g/mol. The van der Waals surface area contributed by atoms with Gasteiger partial charge in [-0.1, -0.05) is 12.8 Å². The molecule has 0 aliphatic heterocycles. The summed E-state index contributed by atoms with van der Waals surface area (Å²) in [6.45, 7) is 0. The Hall–Kier alpha value is -1.40. The molecular weight excluding hydrogens is 296 g/mol. The van der Waals surface area contributed by atoms with Gasteiger partial charge in [-0.2, -0.15) is 26.3 Å². The van der Waals surface area contributed by atoms with E-state index in [4.69, 9.17) is 0 Å². The lowest BCUT2D eigenvalue weighted by Crippen LogP contribution is -2.41. The summed E-state index contributed by atoms with van der Waals surface area (Å²) in [5, 5.41) is 2.73. The lowest BCUT2D eigenvalue weighted by molar-refractivity contribution is -0.184. The molecule has 7 heteroatoms. The van der Waals surface area contributed by atoms with Gasteiger partial charge in [-0.15, -0.1) is 0 Å². The first-order valence-electron chi connectivity index (χ1n) is 6.68. The second-order valence-corrected chi connectivity index (χ2v) is 5.26. The highest BCUT2D eigenvalue weighted by Crippen LogP contribution is 2.39. The predicted octanol–water partition coefficient (Wildman–Crippen LogP) is 5.24. The summed E-state index contributed by atoms with van der Waals surface area (Å²) in [5.41, 5.74) is -0.534. The molecular formula is C14H15F6N. The zero-order chi connectivity index (χ0) is 15.7. The quantitative estimate of drug-likeness (QED) is 0.737. The molecule has 1 fully saturated rings. The Labute approximate surface area is 118 Å². The maximum Gasteiger partial charge on any atom is 0.416 e. The van der Waals surface area contributed by atoms with E-state index in [0.717, 1.165) is 12.1 Å². The molecule has 1 aliphatic carbocycles. The maximum absolute atomic E-state index is 12.9. The van der Waals surface area contributed by atoms with Crippen LogP contribution in [0.5, 0.6) is 0 Å². The zero-order valence-electron chi connectivity index (χ0n) is 11.1. The third kappa shape index (κ3) is 4.04. The number of hydrogen-bond donors (Lipinski definition) is 1. The molecule has 1 saturated carbocycles. The Balaban J connectivity index is 2.09. The SMILES string of the molecule is FC(F)(F)c1ccc(NC2CCCCC2C(F)(F)F)cc1. The van der Waals surface area contributed by atoms with E-state index in [1.54, 1.807) is 0 Å². The molecule has 2 rings (SSSR count). The minimum atomic E-state index is -4.45. The van der Waals surface area contributed by atoms with Crippen molar-refractivity contribution >= 4 is 5.69 Å². The van der Waals surface area contributed by atoms with Crippen molar-refractivity contribution in [1.82, 2.24) is 0 Å². The zero-order valence-corrected chi connectivity index (χ0v) is 11.1. The molecule has 0 amide bonds. The Morgan fingerprint density at radius 2 is 1.43 bits per heavy atom. The Morgan fingerprint density at radius 3 is 1.95 bits per heavy atom. The van der Waals surface area contributed by atoms with E-state index in [2.05, 4.69) is 5.32 Å². The largest absolute Gasteiger partial charge is 0.416 e. The van der Waals surface area contributed by atoms with E-state index in [9.17, 15) is 26.3 Å². The Bertz CT molecular complexity index is 462. The smallest absolute Gasteiger partial charge is 0.382 e. The minimum absolute atomic E-state index is 0.0573. The molecule has 0 radical (unpaired) electrons. The van der Waals surface area contributed by atoms with Crippen LogP contribution in [0.25, 0.3) is 0 Å². The normalized spacial score (nSPS) is 23.9. The van der Waals surface area contributed by atoms with Gasteiger partial charge >= 0.3 is 12.4 Å². The molecule has 118 valence electrons. The van der Waals surface area contributed by atoms with Crippen LogP contribution in [0.1, 0.15) is 31.2 Å². The molecule has 1 aromatic carbocycles. The number of benzene rings is 1. The third-order valence-corrected chi connectivity index (χ3v) is 3.75. The number of hydrogen-bond acceptors (Lipinski definition) is 1. The Kier molecular flexibility index (Phi) is 4.39. The van der Waals surface area contributed by atoms with Gasteiger partial charge in [0.1, 0.15) is 0 Å². The number of rotatable bonds is 2. The summed E-state index contributed by atoms with van der Waals surface area (Å²) in [7, 11) is 0. The summed E-state index contributed by atoms with van der Waals surface area (Å²) >= 11 is 0. The van der Waals surface area contributed by atoms with Crippen LogP contribution in [0, 0.1) is 5.92 Å². The highest BCUT2D eigenvalue weighted by molar-refractivity contribution is 5.46. The number of halogens is 6. The first-order valence-corrected chi connectivity index (χ1v) is 6.68. The van der Waals surface area contributed by atoms with Crippen molar-refractivity contribution in [3.05, 3.63) is 29.8 Å².